The minimum Gasteiger partial charge on any atom is -0.480 e. The fourth-order valence-electron chi connectivity index (χ4n) is 3.28. The third kappa shape index (κ3) is 8.32. The van der Waals surface area contributed by atoms with Gasteiger partial charge in [-0.25, -0.2) is 14.4 Å². The maximum atomic E-state index is 12.6. The van der Waals surface area contributed by atoms with E-state index in [1.165, 1.54) is 18.7 Å². The second kappa shape index (κ2) is 12.7. The van der Waals surface area contributed by atoms with Crippen molar-refractivity contribution in [1.82, 2.24) is 15.5 Å². The number of amides is 3. The van der Waals surface area contributed by atoms with Crippen molar-refractivity contribution in [2.75, 3.05) is 19.0 Å². The number of hydrogen-bond acceptors (Lipinski definition) is 9. The lowest BCUT2D eigenvalue weighted by molar-refractivity contribution is -0.151. The number of rotatable bonds is 11. The van der Waals surface area contributed by atoms with E-state index in [1.807, 2.05) is 0 Å². The number of fused-ring (bicyclic) bond motifs is 1. The van der Waals surface area contributed by atoms with Gasteiger partial charge in [0.1, 0.15) is 36.4 Å². The molecule has 1 unspecified atom stereocenters. The van der Waals surface area contributed by atoms with Crippen LogP contribution in [0.15, 0.2) is 11.3 Å². The summed E-state index contributed by atoms with van der Waals surface area (Å²) in [7, 11) is 0. The van der Waals surface area contributed by atoms with Gasteiger partial charge in [-0.2, -0.15) is 0 Å². The number of aliphatic carboxylic acids is 2. The van der Waals surface area contributed by atoms with Gasteiger partial charge in [0, 0.05) is 24.7 Å². The van der Waals surface area contributed by atoms with Gasteiger partial charge in [-0.15, -0.1) is 11.8 Å². The first-order valence-electron chi connectivity index (χ1n) is 10.3. The molecule has 0 spiro atoms. The molecule has 0 radical (unpaired) electrons. The maximum Gasteiger partial charge on any atom is 0.407 e. The molecule has 0 bridgehead atoms. The van der Waals surface area contributed by atoms with Crippen LogP contribution >= 0.6 is 46.6 Å². The zero-order valence-electron chi connectivity index (χ0n) is 18.6. The van der Waals surface area contributed by atoms with Crippen molar-refractivity contribution in [3.8, 4) is 0 Å². The third-order valence-electron chi connectivity index (χ3n) is 4.87. The standard InChI is InChI=1S/C19H22Cl3N3O10S/c1-8(26)34-5-9-6-36-15-12(14(28)25(15)13(9)17(31)32)24-11(27)4-2-3-10(16(29)30)23-18(33)35-7-19(20,21)22/h10,12,15H,2-7H2,1H3,(H,23,33)(H,24,27)(H,29,30)(H,31,32)/t10?,12-,15+/m1/s1. The molecule has 36 heavy (non-hydrogen) atoms. The van der Waals surface area contributed by atoms with E-state index in [2.05, 4.69) is 15.4 Å². The van der Waals surface area contributed by atoms with E-state index in [0.29, 0.717) is 0 Å². The quantitative estimate of drug-likeness (QED) is 0.153. The van der Waals surface area contributed by atoms with Crippen LogP contribution in [0.2, 0.25) is 0 Å². The molecule has 0 aromatic rings. The second-order valence-corrected chi connectivity index (χ2v) is 11.2. The van der Waals surface area contributed by atoms with Crippen LogP contribution in [0.1, 0.15) is 26.2 Å². The highest BCUT2D eigenvalue weighted by atomic mass is 35.6. The molecule has 2 aliphatic rings. The number of ether oxygens (including phenoxy) is 2. The molecule has 1 saturated heterocycles. The van der Waals surface area contributed by atoms with Crippen LogP contribution in [-0.2, 0) is 33.4 Å². The van der Waals surface area contributed by atoms with Gasteiger partial charge < -0.3 is 30.3 Å². The molecule has 0 aromatic carbocycles. The number of thioether (sulfide) groups is 1. The predicted octanol–water partition coefficient (Wildman–Crippen LogP) is 1.01. The van der Waals surface area contributed by atoms with Crippen LogP contribution in [0.25, 0.3) is 0 Å². The minimum absolute atomic E-state index is 0.0305. The lowest BCUT2D eigenvalue weighted by Crippen LogP contribution is -2.70. The molecule has 3 amide bonds. The summed E-state index contributed by atoms with van der Waals surface area (Å²) in [6.07, 6.45) is -1.40. The van der Waals surface area contributed by atoms with Crippen molar-refractivity contribution >= 4 is 82.4 Å². The van der Waals surface area contributed by atoms with Crippen LogP contribution in [0, 0.1) is 0 Å². The summed E-state index contributed by atoms with van der Waals surface area (Å²) in [5.41, 5.74) is -0.0239. The molecule has 13 nitrogen and oxygen atoms in total. The number of β-lactam (4-membered cyclic amide) rings is 1. The van der Waals surface area contributed by atoms with Gasteiger partial charge in [0.2, 0.25) is 9.70 Å². The Kier molecular flexibility index (Phi) is 10.5. The summed E-state index contributed by atoms with van der Waals surface area (Å²) in [5.74, 6) is -4.36. The largest absolute Gasteiger partial charge is 0.480 e. The maximum absolute atomic E-state index is 12.6. The first-order chi connectivity index (χ1) is 16.7. The molecule has 1 fully saturated rings. The van der Waals surface area contributed by atoms with Crippen LogP contribution in [-0.4, -0.2) is 91.1 Å². The van der Waals surface area contributed by atoms with Crippen molar-refractivity contribution in [3.63, 3.8) is 0 Å². The number of carboxylic acids is 2. The summed E-state index contributed by atoms with van der Waals surface area (Å²) >= 11 is 17.6. The summed E-state index contributed by atoms with van der Waals surface area (Å²) < 4.78 is 7.59. The summed E-state index contributed by atoms with van der Waals surface area (Å²) in [6.45, 7) is 0.301. The van der Waals surface area contributed by atoms with Gasteiger partial charge in [-0.3, -0.25) is 19.3 Å². The highest BCUT2D eigenvalue weighted by Crippen LogP contribution is 2.40. The number of carbonyl (C=O) groups excluding carboxylic acids is 4. The first kappa shape index (κ1) is 29.8. The molecule has 4 N–H and O–H groups in total. The molecular formula is C19H22Cl3N3O10S. The molecule has 2 rings (SSSR count). The fourth-order valence-corrected chi connectivity index (χ4v) is 4.78. The molecule has 0 saturated carbocycles. The molecule has 2 aliphatic heterocycles. The van der Waals surface area contributed by atoms with Crippen molar-refractivity contribution in [1.29, 1.82) is 0 Å². The Hall–Kier alpha value is -2.42. The molecular weight excluding hydrogens is 569 g/mol. The zero-order valence-corrected chi connectivity index (χ0v) is 21.7. The van der Waals surface area contributed by atoms with Gasteiger partial charge in [-0.1, -0.05) is 34.8 Å². The van der Waals surface area contributed by atoms with Crippen LogP contribution in [0.5, 0.6) is 0 Å². The Labute approximate surface area is 223 Å². The average molecular weight is 591 g/mol. The van der Waals surface area contributed by atoms with E-state index in [1.54, 1.807) is 0 Å². The Balaban J connectivity index is 1.87. The summed E-state index contributed by atoms with van der Waals surface area (Å²) in [4.78, 5) is 71.7. The van der Waals surface area contributed by atoms with E-state index in [9.17, 15) is 39.0 Å². The Morgan fingerprint density at radius 1 is 1.19 bits per heavy atom. The topological polar surface area (TPSA) is 189 Å². The molecule has 17 heteroatoms. The number of esters is 1. The molecule has 200 valence electrons. The van der Waals surface area contributed by atoms with Crippen molar-refractivity contribution in [2.45, 2.75) is 47.4 Å². The number of hydrogen-bond donors (Lipinski definition) is 4. The van der Waals surface area contributed by atoms with Crippen molar-refractivity contribution < 1.29 is 48.5 Å². The number of nitrogens with one attached hydrogen (secondary N) is 2. The Bertz CT molecular complexity index is 971. The molecule has 0 aliphatic carbocycles. The van der Waals surface area contributed by atoms with E-state index in [0.717, 1.165) is 4.90 Å². The number of halogens is 3. The predicted molar refractivity (Wildman–Crippen MR) is 126 cm³/mol. The second-order valence-electron chi connectivity index (χ2n) is 7.61. The van der Waals surface area contributed by atoms with E-state index < -0.39 is 63.7 Å². The van der Waals surface area contributed by atoms with Crippen molar-refractivity contribution in [2.24, 2.45) is 0 Å². The lowest BCUT2D eigenvalue weighted by atomic mass is 10.0. The van der Waals surface area contributed by atoms with Crippen LogP contribution in [0.3, 0.4) is 0 Å². The highest BCUT2D eigenvalue weighted by Gasteiger charge is 2.54. The van der Waals surface area contributed by atoms with Crippen molar-refractivity contribution in [3.05, 3.63) is 11.3 Å². The monoisotopic (exact) mass is 589 g/mol. The van der Waals surface area contributed by atoms with Gasteiger partial charge >= 0.3 is 24.0 Å². The molecule has 2 heterocycles. The normalized spacial score (nSPS) is 20.0. The van der Waals surface area contributed by atoms with E-state index in [4.69, 9.17) is 39.5 Å². The first-order valence-corrected chi connectivity index (χ1v) is 12.4. The number of alkyl carbamates (subject to hydrolysis) is 1. The van der Waals surface area contributed by atoms with Gasteiger partial charge in [0.15, 0.2) is 0 Å². The smallest absolute Gasteiger partial charge is 0.407 e. The number of carbonyl (C=O) groups is 6. The number of alkyl halides is 3. The van der Waals surface area contributed by atoms with E-state index >= 15 is 0 Å². The third-order valence-corrected chi connectivity index (χ3v) is 6.54. The summed E-state index contributed by atoms with van der Waals surface area (Å²) in [5, 5.41) is 22.7. The zero-order chi connectivity index (χ0) is 27.2. The van der Waals surface area contributed by atoms with E-state index in [-0.39, 0.29) is 42.9 Å². The van der Waals surface area contributed by atoms with Gasteiger partial charge in [-0.05, 0) is 12.8 Å². The molecule has 0 aromatic heterocycles. The fraction of sp³-hybridized carbons (Fsp3) is 0.579. The highest BCUT2D eigenvalue weighted by molar-refractivity contribution is 8.00. The SMILES string of the molecule is CC(=O)OCC1=C(C(=O)O)N2C(=O)[C@@H](NC(=O)CCCC(NC(=O)OCC(Cl)(Cl)Cl)C(=O)O)[C@@H]2SC1. The minimum atomic E-state index is -1.87. The lowest BCUT2D eigenvalue weighted by Gasteiger charge is -2.49. The summed E-state index contributed by atoms with van der Waals surface area (Å²) in [6, 6.07) is -2.35. The van der Waals surface area contributed by atoms with Crippen LogP contribution in [0.4, 0.5) is 4.79 Å². The number of carboxylic acid groups (broad SMARTS) is 2. The Morgan fingerprint density at radius 3 is 2.42 bits per heavy atom. The van der Waals surface area contributed by atoms with Crippen LogP contribution < -0.4 is 10.6 Å². The van der Waals surface area contributed by atoms with Gasteiger partial charge in [0.05, 0.1) is 0 Å². The average Bonchev–Trinajstić information content (AvgIpc) is 2.77. The number of nitrogens with zero attached hydrogens (tertiary/aromatic N) is 1. The Morgan fingerprint density at radius 2 is 1.86 bits per heavy atom. The molecule has 3 atom stereocenters. The van der Waals surface area contributed by atoms with Gasteiger partial charge in [0.25, 0.3) is 5.91 Å².